The molecule has 0 bridgehead atoms. The predicted molar refractivity (Wildman–Crippen MR) is 93.1 cm³/mol. The van der Waals surface area contributed by atoms with E-state index in [1.165, 1.54) is 0 Å². The summed E-state index contributed by atoms with van der Waals surface area (Å²) in [6, 6.07) is 1.97. The maximum absolute atomic E-state index is 12.5. The first-order valence-electron chi connectivity index (χ1n) is 8.62. The van der Waals surface area contributed by atoms with E-state index in [0.29, 0.717) is 24.1 Å². The molecule has 1 aliphatic heterocycles. The van der Waals surface area contributed by atoms with Crippen molar-refractivity contribution >= 4 is 11.7 Å². The van der Waals surface area contributed by atoms with Gasteiger partial charge in [-0.15, -0.1) is 0 Å². The fourth-order valence-corrected chi connectivity index (χ4v) is 3.08. The average molecular weight is 346 g/mol. The van der Waals surface area contributed by atoms with Gasteiger partial charge in [0.1, 0.15) is 5.82 Å². The molecular weight excluding hydrogens is 320 g/mol. The van der Waals surface area contributed by atoms with Crippen LogP contribution >= 0.6 is 0 Å². The highest BCUT2D eigenvalue weighted by atomic mass is 16.5. The summed E-state index contributed by atoms with van der Waals surface area (Å²) in [5.41, 5.74) is 0.892. The van der Waals surface area contributed by atoms with Gasteiger partial charge in [0.05, 0.1) is 18.3 Å². The first-order chi connectivity index (χ1) is 11.7. The molecule has 2 aromatic heterocycles. The smallest absolute Gasteiger partial charge is 0.239 e. The number of aryl methyl sites for hydroxylation is 2. The standard InChI is InChI=1S/C17H26N6O2/c1-11-18-16(21-25-11)12-7-6-8-23(12)10-15(24)19-14-9-13(17(2,3)4)20-22(14)5/h9,12H,6-8,10H2,1-5H3,(H,19,24)/t12-/m0/s1. The molecule has 25 heavy (non-hydrogen) atoms. The van der Waals surface area contributed by atoms with Crippen molar-refractivity contribution in [2.24, 2.45) is 7.05 Å². The third kappa shape index (κ3) is 3.89. The summed E-state index contributed by atoms with van der Waals surface area (Å²) in [5.74, 6) is 1.87. The Bertz CT molecular complexity index is 758. The molecule has 0 aromatic carbocycles. The van der Waals surface area contributed by atoms with Gasteiger partial charge in [0.15, 0.2) is 5.82 Å². The van der Waals surface area contributed by atoms with Crippen LogP contribution in [0.4, 0.5) is 5.82 Å². The number of nitrogens with zero attached hydrogens (tertiary/aromatic N) is 5. The molecule has 8 heteroatoms. The van der Waals surface area contributed by atoms with Gasteiger partial charge in [-0.1, -0.05) is 25.9 Å². The molecule has 3 heterocycles. The maximum atomic E-state index is 12.5. The predicted octanol–water partition coefficient (Wildman–Crippen LogP) is 2.18. The van der Waals surface area contributed by atoms with E-state index in [9.17, 15) is 4.79 Å². The number of aromatic nitrogens is 4. The first-order valence-corrected chi connectivity index (χ1v) is 8.62. The number of carbonyl (C=O) groups is 1. The van der Waals surface area contributed by atoms with Crippen LogP contribution < -0.4 is 5.32 Å². The zero-order valence-electron chi connectivity index (χ0n) is 15.5. The highest BCUT2D eigenvalue weighted by Gasteiger charge is 2.31. The molecule has 3 rings (SSSR count). The molecule has 1 saturated heterocycles. The van der Waals surface area contributed by atoms with Crippen LogP contribution in [0.25, 0.3) is 0 Å². The van der Waals surface area contributed by atoms with Crippen LogP contribution in [0.3, 0.4) is 0 Å². The summed E-state index contributed by atoms with van der Waals surface area (Å²) >= 11 is 0. The summed E-state index contributed by atoms with van der Waals surface area (Å²) in [4.78, 5) is 18.9. The normalized spacial score (nSPS) is 18.7. The van der Waals surface area contributed by atoms with Gasteiger partial charge >= 0.3 is 0 Å². The van der Waals surface area contributed by atoms with Gasteiger partial charge < -0.3 is 9.84 Å². The molecule has 1 aliphatic rings. The van der Waals surface area contributed by atoms with Crippen LogP contribution in [0.2, 0.25) is 0 Å². The second-order valence-electron chi connectivity index (χ2n) is 7.64. The van der Waals surface area contributed by atoms with Crippen LogP contribution in [0, 0.1) is 6.92 Å². The molecule has 1 amide bonds. The Morgan fingerprint density at radius 2 is 2.20 bits per heavy atom. The van der Waals surface area contributed by atoms with Gasteiger partial charge in [-0.25, -0.2) is 0 Å². The molecule has 136 valence electrons. The summed E-state index contributed by atoms with van der Waals surface area (Å²) in [6.07, 6.45) is 1.96. The molecule has 1 fully saturated rings. The molecule has 0 unspecified atom stereocenters. The Morgan fingerprint density at radius 3 is 2.80 bits per heavy atom. The van der Waals surface area contributed by atoms with Gasteiger partial charge in [-0.05, 0) is 19.4 Å². The molecule has 2 aromatic rings. The molecule has 1 N–H and O–H groups in total. The molecule has 0 aliphatic carbocycles. The van der Waals surface area contributed by atoms with Gasteiger partial charge in [0.25, 0.3) is 0 Å². The van der Waals surface area contributed by atoms with Crippen LogP contribution in [0.5, 0.6) is 0 Å². The van der Waals surface area contributed by atoms with E-state index in [2.05, 4.69) is 46.2 Å². The minimum atomic E-state index is -0.0597. The summed E-state index contributed by atoms with van der Waals surface area (Å²) < 4.78 is 6.79. The van der Waals surface area contributed by atoms with E-state index in [-0.39, 0.29) is 17.4 Å². The number of carbonyl (C=O) groups excluding carboxylic acids is 1. The Morgan fingerprint density at radius 1 is 1.44 bits per heavy atom. The van der Waals surface area contributed by atoms with E-state index in [0.717, 1.165) is 25.1 Å². The Kier molecular flexibility index (Phi) is 4.64. The Labute approximate surface area is 147 Å². The van der Waals surface area contributed by atoms with Crippen molar-refractivity contribution in [2.45, 2.75) is 52.0 Å². The van der Waals surface area contributed by atoms with Crippen LogP contribution in [-0.4, -0.2) is 43.8 Å². The van der Waals surface area contributed by atoms with E-state index in [1.54, 1.807) is 11.6 Å². The SMILES string of the molecule is Cc1nc([C@@H]2CCCN2CC(=O)Nc2cc(C(C)(C)C)nn2C)no1. The third-order valence-corrected chi connectivity index (χ3v) is 4.47. The Hall–Kier alpha value is -2.22. The number of hydrogen-bond donors (Lipinski definition) is 1. The second-order valence-corrected chi connectivity index (χ2v) is 7.64. The summed E-state index contributed by atoms with van der Waals surface area (Å²) in [6.45, 7) is 9.23. The summed E-state index contributed by atoms with van der Waals surface area (Å²) in [7, 11) is 1.84. The number of hydrogen-bond acceptors (Lipinski definition) is 6. The third-order valence-electron chi connectivity index (χ3n) is 4.47. The van der Waals surface area contributed by atoms with Crippen molar-refractivity contribution in [1.29, 1.82) is 0 Å². The number of amides is 1. The van der Waals surface area contributed by atoms with Gasteiger partial charge in [-0.2, -0.15) is 10.1 Å². The average Bonchev–Trinajstić information content (AvgIpc) is 3.20. The van der Waals surface area contributed by atoms with Gasteiger partial charge in [0.2, 0.25) is 11.8 Å². The molecule has 0 saturated carbocycles. The van der Waals surface area contributed by atoms with E-state index in [4.69, 9.17) is 4.52 Å². The quantitative estimate of drug-likeness (QED) is 0.913. The maximum Gasteiger partial charge on any atom is 0.239 e. The van der Waals surface area contributed by atoms with Crippen LogP contribution in [-0.2, 0) is 17.3 Å². The largest absolute Gasteiger partial charge is 0.340 e. The monoisotopic (exact) mass is 346 g/mol. The van der Waals surface area contributed by atoms with Crippen LogP contribution in [0.1, 0.15) is 57.1 Å². The minimum absolute atomic E-state index is 0.0415. The topological polar surface area (TPSA) is 89.1 Å². The first kappa shape index (κ1) is 17.6. The zero-order valence-corrected chi connectivity index (χ0v) is 15.5. The fraction of sp³-hybridized carbons (Fsp3) is 0.647. The van der Waals surface area contributed by atoms with Crippen molar-refractivity contribution < 1.29 is 9.32 Å². The van der Waals surface area contributed by atoms with E-state index in [1.807, 2.05) is 13.1 Å². The van der Waals surface area contributed by atoms with Crippen molar-refractivity contribution in [1.82, 2.24) is 24.8 Å². The highest BCUT2D eigenvalue weighted by Crippen LogP contribution is 2.30. The Balaban J connectivity index is 1.65. The second kappa shape index (κ2) is 6.59. The minimum Gasteiger partial charge on any atom is -0.340 e. The van der Waals surface area contributed by atoms with Crippen molar-refractivity contribution in [3.63, 3.8) is 0 Å². The zero-order chi connectivity index (χ0) is 18.2. The molecular formula is C17H26N6O2. The lowest BCUT2D eigenvalue weighted by Crippen LogP contribution is -2.33. The molecule has 8 nitrogen and oxygen atoms in total. The number of nitrogens with one attached hydrogen (secondary N) is 1. The van der Waals surface area contributed by atoms with Crippen molar-refractivity contribution in [3.8, 4) is 0 Å². The lowest BCUT2D eigenvalue weighted by Gasteiger charge is -2.21. The number of anilines is 1. The number of likely N-dealkylation sites (tertiary alicyclic amines) is 1. The lowest BCUT2D eigenvalue weighted by molar-refractivity contribution is -0.117. The van der Waals surface area contributed by atoms with Crippen molar-refractivity contribution in [2.75, 3.05) is 18.4 Å². The van der Waals surface area contributed by atoms with Crippen molar-refractivity contribution in [3.05, 3.63) is 23.5 Å². The highest BCUT2D eigenvalue weighted by molar-refractivity contribution is 5.91. The number of rotatable bonds is 4. The van der Waals surface area contributed by atoms with E-state index < -0.39 is 0 Å². The van der Waals surface area contributed by atoms with Crippen LogP contribution in [0.15, 0.2) is 10.6 Å². The molecule has 0 radical (unpaired) electrons. The molecule has 0 spiro atoms. The van der Waals surface area contributed by atoms with E-state index >= 15 is 0 Å². The van der Waals surface area contributed by atoms with Gasteiger partial charge in [0, 0.05) is 25.5 Å². The fourth-order valence-electron chi connectivity index (χ4n) is 3.08. The van der Waals surface area contributed by atoms with Gasteiger partial charge in [-0.3, -0.25) is 14.4 Å². The summed E-state index contributed by atoms with van der Waals surface area (Å²) in [5, 5.41) is 11.5. The molecule has 1 atom stereocenters. The lowest BCUT2D eigenvalue weighted by atomic mass is 9.92.